The summed E-state index contributed by atoms with van der Waals surface area (Å²) in [5.74, 6) is -2.09. The fourth-order valence-corrected chi connectivity index (χ4v) is 2.32. The molecule has 1 aromatic heterocycles. The van der Waals surface area contributed by atoms with Crippen LogP contribution < -0.4 is 16.2 Å². The highest BCUT2D eigenvalue weighted by molar-refractivity contribution is 6.35. The van der Waals surface area contributed by atoms with E-state index in [9.17, 15) is 14.4 Å². The first kappa shape index (κ1) is 15.1. The van der Waals surface area contributed by atoms with Gasteiger partial charge in [-0.1, -0.05) is 0 Å². The average molecular weight is 314 g/mol. The lowest BCUT2D eigenvalue weighted by Crippen LogP contribution is -2.48. The van der Waals surface area contributed by atoms with Gasteiger partial charge in [0.25, 0.3) is 5.91 Å². The summed E-state index contributed by atoms with van der Waals surface area (Å²) >= 11 is 0. The van der Waals surface area contributed by atoms with Crippen LogP contribution in [0, 0.1) is 13.8 Å². The number of rotatable bonds is 2. The number of carbonyl (C=O) groups excluding carboxylic acids is 3. The molecule has 23 heavy (non-hydrogen) atoms. The number of nitrogens with one attached hydrogen (secondary N) is 4. The molecular formula is C16H18N4O3. The van der Waals surface area contributed by atoms with Gasteiger partial charge in [-0.2, -0.15) is 0 Å². The molecule has 7 nitrogen and oxygen atoms in total. The Kier molecular flexibility index (Phi) is 3.77. The van der Waals surface area contributed by atoms with E-state index in [1.807, 2.05) is 19.9 Å². The van der Waals surface area contributed by atoms with Gasteiger partial charge in [0.2, 0.25) is 0 Å². The maximum Gasteiger partial charge on any atom is 0.327 e. The second kappa shape index (κ2) is 5.75. The van der Waals surface area contributed by atoms with Crippen molar-refractivity contribution >= 4 is 28.6 Å². The Labute approximate surface area is 132 Å². The Bertz CT molecular complexity index is 805. The van der Waals surface area contributed by atoms with Gasteiger partial charge < -0.3 is 10.3 Å². The maximum absolute atomic E-state index is 12.1. The van der Waals surface area contributed by atoms with Crippen LogP contribution in [0.15, 0.2) is 18.2 Å². The molecule has 120 valence electrons. The van der Waals surface area contributed by atoms with Crippen LogP contribution in [-0.4, -0.2) is 28.7 Å². The summed E-state index contributed by atoms with van der Waals surface area (Å²) in [6.45, 7) is 3.94. The number of carbonyl (C=O) groups is 3. The second-order valence-corrected chi connectivity index (χ2v) is 5.79. The monoisotopic (exact) mass is 314 g/mol. The van der Waals surface area contributed by atoms with E-state index < -0.39 is 17.7 Å². The van der Waals surface area contributed by atoms with Crippen LogP contribution >= 0.6 is 0 Å². The van der Waals surface area contributed by atoms with Gasteiger partial charge in [0.05, 0.1) is 0 Å². The summed E-state index contributed by atoms with van der Waals surface area (Å²) in [7, 11) is 0. The molecule has 0 spiro atoms. The van der Waals surface area contributed by atoms with E-state index in [0.717, 1.165) is 35.0 Å². The zero-order valence-electron chi connectivity index (χ0n) is 12.9. The molecule has 3 amide bonds. The summed E-state index contributed by atoms with van der Waals surface area (Å²) < 4.78 is 0. The molecule has 0 aliphatic heterocycles. The number of hydrogen-bond donors (Lipinski definition) is 4. The summed E-state index contributed by atoms with van der Waals surface area (Å²) in [5.41, 5.74) is 7.85. The van der Waals surface area contributed by atoms with Crippen molar-refractivity contribution in [2.75, 3.05) is 0 Å². The number of hydrazine groups is 1. The molecule has 0 unspecified atom stereocenters. The average Bonchev–Trinajstić information content (AvgIpc) is 3.30. The molecule has 2 aromatic rings. The highest BCUT2D eigenvalue weighted by atomic mass is 16.2. The fraction of sp³-hybridized carbons (Fsp3) is 0.312. The summed E-state index contributed by atoms with van der Waals surface area (Å²) in [6.07, 6.45) is 1.78. The van der Waals surface area contributed by atoms with E-state index in [0.29, 0.717) is 5.56 Å². The molecule has 1 aliphatic rings. The molecule has 1 aromatic carbocycles. The molecule has 0 saturated heterocycles. The number of aryl methyl sites for hydroxylation is 2. The van der Waals surface area contributed by atoms with E-state index >= 15 is 0 Å². The third kappa shape index (κ3) is 3.18. The molecule has 1 heterocycles. The molecule has 7 heteroatoms. The largest absolute Gasteiger partial charge is 0.358 e. The van der Waals surface area contributed by atoms with Crippen LogP contribution in [0.4, 0.5) is 0 Å². The number of fused-ring (bicyclic) bond motifs is 1. The molecule has 4 N–H and O–H groups in total. The lowest BCUT2D eigenvalue weighted by Gasteiger charge is -2.07. The maximum atomic E-state index is 12.1. The predicted molar refractivity (Wildman–Crippen MR) is 84.5 cm³/mol. The summed E-state index contributed by atoms with van der Waals surface area (Å²) in [6, 6.07) is 5.31. The van der Waals surface area contributed by atoms with Gasteiger partial charge in [0, 0.05) is 28.2 Å². The molecule has 0 bridgehead atoms. The first-order valence-electron chi connectivity index (χ1n) is 7.46. The van der Waals surface area contributed by atoms with Gasteiger partial charge in [-0.05, 0) is 50.5 Å². The lowest BCUT2D eigenvalue weighted by atomic mass is 10.1. The Morgan fingerprint density at radius 3 is 2.52 bits per heavy atom. The smallest absolute Gasteiger partial charge is 0.327 e. The van der Waals surface area contributed by atoms with Crippen LogP contribution in [0.1, 0.15) is 34.5 Å². The molecule has 1 saturated carbocycles. The molecule has 1 aliphatic carbocycles. The minimum Gasteiger partial charge on any atom is -0.358 e. The zero-order chi connectivity index (χ0) is 16.6. The Balaban J connectivity index is 1.64. The standard InChI is InChI=1S/C16H18N4O3/c1-8-9(2)17-13-6-3-10(7-12(8)13)14(21)19-20-16(23)15(22)18-11-4-5-11/h3,6-7,11,17H,4-5H2,1-2H3,(H,18,22)(H,19,21)(H,20,23). The van der Waals surface area contributed by atoms with Gasteiger partial charge in [0.1, 0.15) is 0 Å². The highest BCUT2D eigenvalue weighted by Gasteiger charge is 2.26. The SMILES string of the molecule is Cc1[nH]c2ccc(C(=O)NNC(=O)C(=O)NC3CC3)cc2c1C. The lowest BCUT2D eigenvalue weighted by molar-refractivity contribution is -0.139. The van der Waals surface area contributed by atoms with Crippen LogP contribution in [-0.2, 0) is 9.59 Å². The normalized spacial score (nSPS) is 13.7. The second-order valence-electron chi connectivity index (χ2n) is 5.79. The number of aromatic amines is 1. The summed E-state index contributed by atoms with van der Waals surface area (Å²) in [4.78, 5) is 38.4. The predicted octanol–water partition coefficient (Wildman–Crippen LogP) is 0.824. The number of benzene rings is 1. The third-order valence-corrected chi connectivity index (χ3v) is 3.98. The van der Waals surface area contributed by atoms with Crippen molar-refractivity contribution in [3.63, 3.8) is 0 Å². The van der Waals surface area contributed by atoms with Gasteiger partial charge in [-0.15, -0.1) is 0 Å². The zero-order valence-corrected chi connectivity index (χ0v) is 12.9. The molecule has 1 fully saturated rings. The van der Waals surface area contributed by atoms with Crippen molar-refractivity contribution in [2.45, 2.75) is 32.7 Å². The van der Waals surface area contributed by atoms with Crippen LogP contribution in [0.2, 0.25) is 0 Å². The molecular weight excluding hydrogens is 296 g/mol. The Morgan fingerprint density at radius 2 is 1.83 bits per heavy atom. The topological polar surface area (TPSA) is 103 Å². The van der Waals surface area contributed by atoms with Gasteiger partial charge in [-0.25, -0.2) is 0 Å². The van der Waals surface area contributed by atoms with Crippen LogP contribution in [0.3, 0.4) is 0 Å². The number of H-pyrrole nitrogens is 1. The van der Waals surface area contributed by atoms with Gasteiger partial charge in [-0.3, -0.25) is 25.2 Å². The van der Waals surface area contributed by atoms with Gasteiger partial charge >= 0.3 is 11.8 Å². The first-order chi connectivity index (χ1) is 11.0. The van der Waals surface area contributed by atoms with Crippen molar-refractivity contribution in [1.29, 1.82) is 0 Å². The van der Waals surface area contributed by atoms with E-state index in [4.69, 9.17) is 0 Å². The molecule has 3 rings (SSSR count). The Morgan fingerprint density at radius 1 is 1.09 bits per heavy atom. The number of amides is 3. The van der Waals surface area contributed by atoms with Crippen molar-refractivity contribution < 1.29 is 14.4 Å². The summed E-state index contributed by atoms with van der Waals surface area (Å²) in [5, 5.41) is 3.50. The van der Waals surface area contributed by atoms with Crippen molar-refractivity contribution in [2.24, 2.45) is 0 Å². The quantitative estimate of drug-likeness (QED) is 0.487. The number of aromatic nitrogens is 1. The van der Waals surface area contributed by atoms with Crippen molar-refractivity contribution in [1.82, 2.24) is 21.2 Å². The van der Waals surface area contributed by atoms with E-state index in [1.54, 1.807) is 12.1 Å². The van der Waals surface area contributed by atoms with E-state index in [2.05, 4.69) is 21.2 Å². The number of hydrogen-bond acceptors (Lipinski definition) is 3. The minimum atomic E-state index is -0.875. The molecule has 0 atom stereocenters. The van der Waals surface area contributed by atoms with Crippen LogP contribution in [0.25, 0.3) is 10.9 Å². The van der Waals surface area contributed by atoms with Crippen molar-refractivity contribution in [3.05, 3.63) is 35.0 Å². The fourth-order valence-electron chi connectivity index (χ4n) is 2.32. The highest BCUT2D eigenvalue weighted by Crippen LogP contribution is 2.22. The first-order valence-corrected chi connectivity index (χ1v) is 7.46. The van der Waals surface area contributed by atoms with Gasteiger partial charge in [0.15, 0.2) is 0 Å². The van der Waals surface area contributed by atoms with E-state index in [-0.39, 0.29) is 6.04 Å². The van der Waals surface area contributed by atoms with Crippen LogP contribution in [0.5, 0.6) is 0 Å². The third-order valence-electron chi connectivity index (χ3n) is 3.98. The molecule has 0 radical (unpaired) electrons. The Hall–Kier alpha value is -2.83. The van der Waals surface area contributed by atoms with E-state index in [1.165, 1.54) is 0 Å². The van der Waals surface area contributed by atoms with Crippen molar-refractivity contribution in [3.8, 4) is 0 Å². The minimum absolute atomic E-state index is 0.0890.